The van der Waals surface area contributed by atoms with Crippen molar-refractivity contribution in [3.63, 3.8) is 0 Å². The Labute approximate surface area is 113 Å². The van der Waals surface area contributed by atoms with Crippen LogP contribution in [0.3, 0.4) is 0 Å². The van der Waals surface area contributed by atoms with Gasteiger partial charge in [0.2, 0.25) is 5.91 Å². The highest BCUT2D eigenvalue weighted by atomic mass is 35.5. The van der Waals surface area contributed by atoms with E-state index in [1.807, 2.05) is 14.0 Å². The number of methoxy groups -OCH3 is 1. The van der Waals surface area contributed by atoms with Crippen LogP contribution >= 0.6 is 11.6 Å². The Hall–Kier alpha value is -1.26. The lowest BCUT2D eigenvalue weighted by atomic mass is 10.1. The number of likely N-dealkylation sites (N-methyl/N-ethyl adjacent to an activating group) is 1. The molecule has 1 amide bonds. The van der Waals surface area contributed by atoms with Gasteiger partial charge in [-0.1, -0.05) is 11.6 Å². The van der Waals surface area contributed by atoms with Crippen LogP contribution in [0.1, 0.15) is 12.5 Å². The summed E-state index contributed by atoms with van der Waals surface area (Å²) in [6, 6.07) is 5.50. The molecule has 1 aromatic carbocycles. The van der Waals surface area contributed by atoms with Crippen LogP contribution in [0.4, 0.5) is 0 Å². The van der Waals surface area contributed by atoms with Crippen LogP contribution in [-0.2, 0) is 11.2 Å². The lowest BCUT2D eigenvalue weighted by molar-refractivity contribution is -0.120. The number of nitrogens with one attached hydrogen (secondary N) is 2. The Balaban J connectivity index is 2.61. The summed E-state index contributed by atoms with van der Waals surface area (Å²) in [4.78, 5) is 11.8. The standard InChI is InChI=1S/C13H19ClN2O2/c1-9(15-2)8-16-13(17)7-10-6-11(14)4-5-12(10)18-3/h4-6,9,15H,7-8H2,1-3H3,(H,16,17). The molecule has 0 aromatic heterocycles. The summed E-state index contributed by atoms with van der Waals surface area (Å²) < 4.78 is 5.20. The molecule has 0 heterocycles. The number of rotatable bonds is 6. The maximum absolute atomic E-state index is 11.8. The van der Waals surface area contributed by atoms with Crippen LogP contribution in [-0.4, -0.2) is 32.7 Å². The molecule has 0 aliphatic carbocycles. The third kappa shape index (κ3) is 4.55. The number of hydrogen-bond donors (Lipinski definition) is 2. The Morgan fingerprint density at radius 3 is 2.83 bits per heavy atom. The molecular weight excluding hydrogens is 252 g/mol. The summed E-state index contributed by atoms with van der Waals surface area (Å²) in [5, 5.41) is 6.51. The van der Waals surface area contributed by atoms with Crippen LogP contribution in [0.25, 0.3) is 0 Å². The van der Waals surface area contributed by atoms with Crippen molar-refractivity contribution in [3.05, 3.63) is 28.8 Å². The minimum atomic E-state index is -0.0438. The minimum absolute atomic E-state index is 0.0438. The van der Waals surface area contributed by atoms with E-state index < -0.39 is 0 Å². The normalized spacial score (nSPS) is 12.0. The molecule has 0 saturated heterocycles. The van der Waals surface area contributed by atoms with Gasteiger partial charge in [-0.15, -0.1) is 0 Å². The van der Waals surface area contributed by atoms with E-state index in [2.05, 4.69) is 10.6 Å². The van der Waals surface area contributed by atoms with Gasteiger partial charge in [-0.2, -0.15) is 0 Å². The van der Waals surface area contributed by atoms with E-state index >= 15 is 0 Å². The third-order valence-electron chi connectivity index (χ3n) is 2.69. The van der Waals surface area contributed by atoms with Crippen molar-refractivity contribution in [3.8, 4) is 5.75 Å². The second-order valence-corrected chi connectivity index (χ2v) is 4.56. The van der Waals surface area contributed by atoms with Gasteiger partial charge in [-0.3, -0.25) is 4.79 Å². The molecule has 0 aliphatic rings. The summed E-state index contributed by atoms with van der Waals surface area (Å²) in [6.45, 7) is 2.60. The molecule has 0 bridgehead atoms. The summed E-state index contributed by atoms with van der Waals surface area (Å²) in [7, 11) is 3.44. The zero-order valence-electron chi connectivity index (χ0n) is 10.9. The van der Waals surface area contributed by atoms with Crippen molar-refractivity contribution in [2.75, 3.05) is 20.7 Å². The number of carbonyl (C=O) groups excluding carboxylic acids is 1. The summed E-state index contributed by atoms with van der Waals surface area (Å²) >= 11 is 5.91. The Kier molecular flexibility index (Phi) is 5.95. The number of ether oxygens (including phenoxy) is 1. The maximum Gasteiger partial charge on any atom is 0.224 e. The van der Waals surface area contributed by atoms with Crippen LogP contribution in [0.2, 0.25) is 5.02 Å². The first kappa shape index (κ1) is 14.8. The van der Waals surface area contributed by atoms with Gasteiger partial charge in [0.1, 0.15) is 5.75 Å². The fraction of sp³-hybridized carbons (Fsp3) is 0.462. The summed E-state index contributed by atoms with van der Waals surface area (Å²) in [6.07, 6.45) is 0.264. The van der Waals surface area contributed by atoms with E-state index in [0.717, 1.165) is 5.56 Å². The number of hydrogen-bond acceptors (Lipinski definition) is 3. The second kappa shape index (κ2) is 7.24. The van der Waals surface area contributed by atoms with Crippen molar-refractivity contribution in [1.82, 2.24) is 10.6 Å². The van der Waals surface area contributed by atoms with Crippen LogP contribution in [0, 0.1) is 0 Å². The molecule has 0 aliphatic heterocycles. The number of carbonyl (C=O) groups is 1. The average Bonchev–Trinajstić information content (AvgIpc) is 2.36. The van der Waals surface area contributed by atoms with Crippen LogP contribution in [0.5, 0.6) is 5.75 Å². The number of halogens is 1. The van der Waals surface area contributed by atoms with Gasteiger partial charge in [-0.25, -0.2) is 0 Å². The molecule has 18 heavy (non-hydrogen) atoms. The summed E-state index contributed by atoms with van der Waals surface area (Å²) in [5.41, 5.74) is 0.791. The molecule has 1 unspecified atom stereocenters. The molecule has 1 aromatic rings. The molecule has 5 heteroatoms. The molecule has 0 radical (unpaired) electrons. The molecule has 1 atom stereocenters. The van der Waals surface area contributed by atoms with Gasteiger partial charge in [-0.05, 0) is 32.2 Å². The number of amides is 1. The average molecular weight is 271 g/mol. The van der Waals surface area contributed by atoms with E-state index in [1.165, 1.54) is 0 Å². The van der Waals surface area contributed by atoms with E-state index in [9.17, 15) is 4.79 Å². The number of benzene rings is 1. The Morgan fingerprint density at radius 2 is 2.22 bits per heavy atom. The largest absolute Gasteiger partial charge is 0.496 e. The van der Waals surface area contributed by atoms with Gasteiger partial charge in [0.05, 0.1) is 13.5 Å². The van der Waals surface area contributed by atoms with E-state index in [1.54, 1.807) is 25.3 Å². The van der Waals surface area contributed by atoms with Crippen molar-refractivity contribution in [2.24, 2.45) is 0 Å². The molecular formula is C13H19ClN2O2. The second-order valence-electron chi connectivity index (χ2n) is 4.13. The van der Waals surface area contributed by atoms with Crippen molar-refractivity contribution < 1.29 is 9.53 Å². The highest BCUT2D eigenvalue weighted by molar-refractivity contribution is 6.30. The molecule has 2 N–H and O–H groups in total. The van der Waals surface area contributed by atoms with Crippen LogP contribution < -0.4 is 15.4 Å². The first-order valence-corrected chi connectivity index (χ1v) is 6.21. The maximum atomic E-state index is 11.8. The monoisotopic (exact) mass is 270 g/mol. The minimum Gasteiger partial charge on any atom is -0.496 e. The molecule has 0 spiro atoms. The van der Waals surface area contributed by atoms with Gasteiger partial charge < -0.3 is 15.4 Å². The Bertz CT molecular complexity index is 410. The van der Waals surface area contributed by atoms with Crippen LogP contribution in [0.15, 0.2) is 18.2 Å². The highest BCUT2D eigenvalue weighted by Gasteiger charge is 2.10. The van der Waals surface area contributed by atoms with E-state index in [0.29, 0.717) is 17.3 Å². The fourth-order valence-electron chi connectivity index (χ4n) is 1.49. The lowest BCUT2D eigenvalue weighted by Gasteiger charge is -2.12. The van der Waals surface area contributed by atoms with E-state index in [4.69, 9.17) is 16.3 Å². The fourth-order valence-corrected chi connectivity index (χ4v) is 1.68. The molecule has 0 fully saturated rings. The van der Waals surface area contributed by atoms with Gasteiger partial charge in [0.15, 0.2) is 0 Å². The van der Waals surface area contributed by atoms with Crippen molar-refractivity contribution in [1.29, 1.82) is 0 Å². The van der Waals surface area contributed by atoms with E-state index in [-0.39, 0.29) is 18.4 Å². The third-order valence-corrected chi connectivity index (χ3v) is 2.93. The Morgan fingerprint density at radius 1 is 1.50 bits per heavy atom. The quantitative estimate of drug-likeness (QED) is 0.826. The SMILES string of the molecule is CNC(C)CNC(=O)Cc1cc(Cl)ccc1OC. The lowest BCUT2D eigenvalue weighted by Crippen LogP contribution is -2.37. The first-order chi connectivity index (χ1) is 8.56. The summed E-state index contributed by atoms with van der Waals surface area (Å²) in [5.74, 6) is 0.633. The smallest absolute Gasteiger partial charge is 0.224 e. The highest BCUT2D eigenvalue weighted by Crippen LogP contribution is 2.22. The van der Waals surface area contributed by atoms with Gasteiger partial charge in [0.25, 0.3) is 0 Å². The van der Waals surface area contributed by atoms with Crippen molar-refractivity contribution >= 4 is 17.5 Å². The molecule has 0 saturated carbocycles. The first-order valence-electron chi connectivity index (χ1n) is 5.83. The van der Waals surface area contributed by atoms with Gasteiger partial charge >= 0.3 is 0 Å². The van der Waals surface area contributed by atoms with Crippen molar-refractivity contribution in [2.45, 2.75) is 19.4 Å². The molecule has 4 nitrogen and oxygen atoms in total. The molecule has 100 valence electrons. The topological polar surface area (TPSA) is 50.4 Å². The molecule has 1 rings (SSSR count). The zero-order chi connectivity index (χ0) is 13.5. The predicted octanol–water partition coefficient (Wildman–Crippen LogP) is 1.62. The predicted molar refractivity (Wildman–Crippen MR) is 73.2 cm³/mol. The zero-order valence-corrected chi connectivity index (χ0v) is 11.7. The van der Waals surface area contributed by atoms with Gasteiger partial charge in [0, 0.05) is 23.2 Å².